The van der Waals surface area contributed by atoms with Gasteiger partial charge in [0.05, 0.1) is 27.9 Å². The number of carbonyl (C=O) groups excluding carboxylic acids is 1. The lowest BCUT2D eigenvalue weighted by molar-refractivity contribution is -0.143. The minimum atomic E-state index is -3.43. The van der Waals surface area contributed by atoms with Crippen LogP contribution in [0.15, 0.2) is 94.7 Å². The van der Waals surface area contributed by atoms with Crippen LogP contribution in [-0.2, 0) is 47.1 Å². The van der Waals surface area contributed by atoms with E-state index in [4.69, 9.17) is 4.74 Å². The van der Waals surface area contributed by atoms with Crippen molar-refractivity contribution in [3.63, 3.8) is 0 Å². The summed E-state index contributed by atoms with van der Waals surface area (Å²) in [6.07, 6.45) is 0. The molecule has 6 aromatic rings. The van der Waals surface area contributed by atoms with Crippen molar-refractivity contribution in [1.82, 2.24) is 9.13 Å². The Bertz CT molecular complexity index is 2740. The maximum Gasteiger partial charge on any atom is 0.325 e. The molecular weight excluding hydrogens is 739 g/mol. The maximum atomic E-state index is 14.1. The molecule has 0 saturated heterocycles. The van der Waals surface area contributed by atoms with Crippen LogP contribution < -0.4 is 0 Å². The monoisotopic (exact) mass is 774 g/mol. The molecule has 0 bridgehead atoms. The zero-order chi connectivity index (χ0) is 38.7. The largest absolute Gasteiger partial charge is 0.480 e. The van der Waals surface area contributed by atoms with Crippen molar-refractivity contribution < 1.29 is 45.0 Å². The van der Waals surface area contributed by atoms with Crippen LogP contribution in [0, 0.1) is 25.5 Å². The van der Waals surface area contributed by atoms with Gasteiger partial charge < -0.3 is 19.0 Å². The average Bonchev–Trinajstić information content (AvgIpc) is 3.74. The number of aliphatic carboxylic acids is 1. The van der Waals surface area contributed by atoms with Crippen molar-refractivity contribution in [2.45, 2.75) is 55.5 Å². The number of carbonyl (C=O) groups is 2. The van der Waals surface area contributed by atoms with E-state index in [1.807, 2.05) is 6.92 Å². The number of benzene rings is 4. The second kappa shape index (κ2) is 13.8. The predicted octanol–water partition coefficient (Wildman–Crippen LogP) is 6.66. The summed E-state index contributed by atoms with van der Waals surface area (Å²) in [5, 5.41) is 10.4. The van der Waals surface area contributed by atoms with Gasteiger partial charge in [-0.05, 0) is 91.6 Å². The first-order chi connectivity index (χ1) is 25.6. The number of nitrogens with zero attached hydrogens (tertiary/aromatic N) is 2. The van der Waals surface area contributed by atoms with Crippen LogP contribution in [0.5, 0.6) is 0 Å². The Morgan fingerprint density at radius 3 is 1.56 bits per heavy atom. The minimum Gasteiger partial charge on any atom is -0.480 e. The standard InChI is InChI=1S/C21H20FNO4S.C19H16FNO4S/c1-3-27-20(24)11-23-13(2)21(16-10-14(22)8-9-18(16)23)17-12-28(25,26)19-7-5-4-6-15(17)19;1-11-19(15-10-26(24,25)17-5-3-2-4-13(15)17)14-8-12(20)6-7-16(14)21(11)9-18(22)23/h4-10,17H,3,11-12H2,1-2H3;2-8,15H,9-10H2,1H3,(H,22,23). The molecule has 4 aromatic carbocycles. The molecule has 0 amide bonds. The van der Waals surface area contributed by atoms with E-state index < -0.39 is 55.1 Å². The number of ether oxygens (including phenoxy) is 1. The Kier molecular flexibility index (Phi) is 9.47. The predicted molar refractivity (Wildman–Crippen MR) is 198 cm³/mol. The number of carboxylic acid groups (broad SMARTS) is 1. The molecule has 0 aliphatic carbocycles. The first-order valence-electron chi connectivity index (χ1n) is 17.2. The highest BCUT2D eigenvalue weighted by atomic mass is 32.2. The molecule has 2 aliphatic heterocycles. The Morgan fingerprint density at radius 2 is 1.13 bits per heavy atom. The van der Waals surface area contributed by atoms with Crippen LogP contribution in [-0.4, -0.2) is 61.1 Å². The number of hydrogen-bond donors (Lipinski definition) is 1. The first-order valence-corrected chi connectivity index (χ1v) is 20.5. The molecule has 0 spiro atoms. The van der Waals surface area contributed by atoms with Crippen LogP contribution in [0.1, 0.15) is 52.4 Å². The fourth-order valence-corrected chi connectivity index (χ4v) is 11.7. The van der Waals surface area contributed by atoms with Gasteiger partial charge in [0.15, 0.2) is 19.7 Å². The number of hydrogen-bond acceptors (Lipinski definition) is 7. The van der Waals surface area contributed by atoms with Crippen LogP contribution in [0.3, 0.4) is 0 Å². The van der Waals surface area contributed by atoms with Gasteiger partial charge in [0.25, 0.3) is 0 Å². The number of esters is 1. The molecule has 1 N–H and O–H groups in total. The summed E-state index contributed by atoms with van der Waals surface area (Å²) in [6, 6.07) is 22.3. The number of aromatic nitrogens is 2. The van der Waals surface area contributed by atoms with Crippen LogP contribution in [0.25, 0.3) is 21.8 Å². The fourth-order valence-electron chi connectivity index (χ4n) is 8.10. The number of fused-ring (bicyclic) bond motifs is 4. The van der Waals surface area contributed by atoms with Gasteiger partial charge in [0, 0.05) is 45.0 Å². The minimum absolute atomic E-state index is 0.0110. The first kappa shape index (κ1) is 37.0. The van der Waals surface area contributed by atoms with Crippen molar-refractivity contribution in [1.29, 1.82) is 0 Å². The lowest BCUT2D eigenvalue weighted by Gasteiger charge is -2.12. The van der Waals surface area contributed by atoms with Gasteiger partial charge in [-0.1, -0.05) is 36.4 Å². The summed E-state index contributed by atoms with van der Waals surface area (Å²) in [4.78, 5) is 24.0. The number of halogens is 2. The van der Waals surface area contributed by atoms with E-state index in [-0.39, 0.29) is 31.2 Å². The van der Waals surface area contributed by atoms with Crippen LogP contribution in [0.4, 0.5) is 8.78 Å². The summed E-state index contributed by atoms with van der Waals surface area (Å²) in [6.45, 7) is 5.31. The van der Waals surface area contributed by atoms with E-state index in [0.29, 0.717) is 54.0 Å². The molecule has 14 heteroatoms. The normalized spacial score (nSPS) is 17.9. The van der Waals surface area contributed by atoms with E-state index in [1.165, 1.54) is 24.3 Å². The highest BCUT2D eigenvalue weighted by molar-refractivity contribution is 7.92. The molecule has 0 radical (unpaired) electrons. The summed E-state index contributed by atoms with van der Waals surface area (Å²) in [5.74, 6) is -3.28. The smallest absolute Gasteiger partial charge is 0.325 e. The van der Waals surface area contributed by atoms with Gasteiger partial charge in [0.2, 0.25) is 0 Å². The third-order valence-electron chi connectivity index (χ3n) is 10.3. The fraction of sp³-hybridized carbons (Fsp3) is 0.250. The Hall–Kier alpha value is -5.34. The zero-order valence-corrected chi connectivity index (χ0v) is 31.2. The lowest BCUT2D eigenvalue weighted by Crippen LogP contribution is -2.15. The molecule has 2 aliphatic rings. The topological polar surface area (TPSA) is 142 Å². The van der Waals surface area contributed by atoms with Gasteiger partial charge in [-0.3, -0.25) is 9.59 Å². The molecule has 0 saturated carbocycles. The summed E-state index contributed by atoms with van der Waals surface area (Å²) < 4.78 is 86.9. The van der Waals surface area contributed by atoms with Gasteiger partial charge >= 0.3 is 11.9 Å². The third-order valence-corrected chi connectivity index (χ3v) is 13.9. The molecule has 4 heterocycles. The van der Waals surface area contributed by atoms with Crippen molar-refractivity contribution in [3.8, 4) is 0 Å². The van der Waals surface area contributed by atoms with E-state index in [9.17, 15) is 40.3 Å². The van der Waals surface area contributed by atoms with E-state index in [0.717, 1.165) is 11.3 Å². The maximum absolute atomic E-state index is 14.1. The lowest BCUT2D eigenvalue weighted by atomic mass is 9.91. The van der Waals surface area contributed by atoms with Crippen molar-refractivity contribution >= 4 is 53.4 Å². The number of rotatable bonds is 7. The Morgan fingerprint density at radius 1 is 0.704 bits per heavy atom. The highest BCUT2D eigenvalue weighted by Crippen LogP contribution is 2.45. The second-order valence-electron chi connectivity index (χ2n) is 13.4. The number of carboxylic acids is 1. The van der Waals surface area contributed by atoms with Crippen molar-refractivity contribution in [2.24, 2.45) is 0 Å². The molecule has 0 fully saturated rings. The number of sulfone groups is 2. The summed E-state index contributed by atoms with van der Waals surface area (Å²) in [7, 11) is -6.85. The van der Waals surface area contributed by atoms with Crippen LogP contribution in [0.2, 0.25) is 0 Å². The van der Waals surface area contributed by atoms with Gasteiger partial charge in [-0.15, -0.1) is 0 Å². The zero-order valence-electron chi connectivity index (χ0n) is 29.5. The Balaban J connectivity index is 0.000000167. The van der Waals surface area contributed by atoms with Crippen molar-refractivity contribution in [3.05, 3.63) is 130 Å². The van der Waals surface area contributed by atoms with Gasteiger partial charge in [-0.25, -0.2) is 25.6 Å². The molecule has 2 aromatic heterocycles. The molecule has 2 unspecified atom stereocenters. The summed E-state index contributed by atoms with van der Waals surface area (Å²) >= 11 is 0. The van der Waals surface area contributed by atoms with Crippen molar-refractivity contribution in [2.75, 3.05) is 18.1 Å². The van der Waals surface area contributed by atoms with Gasteiger partial charge in [0.1, 0.15) is 24.7 Å². The quantitative estimate of drug-likeness (QED) is 0.178. The Labute approximate surface area is 310 Å². The summed E-state index contributed by atoms with van der Waals surface area (Å²) in [5.41, 5.74) is 5.46. The van der Waals surface area contributed by atoms with E-state index in [1.54, 1.807) is 83.6 Å². The van der Waals surface area contributed by atoms with E-state index >= 15 is 0 Å². The van der Waals surface area contributed by atoms with Crippen LogP contribution >= 0.6 is 0 Å². The molecule has 10 nitrogen and oxygen atoms in total. The third kappa shape index (κ3) is 6.36. The average molecular weight is 775 g/mol. The molecular formula is C40H36F2N2O8S2. The SMILES string of the molecule is CCOC(=O)Cn1c(C)c(C2CS(=O)(=O)c3ccccc32)c2cc(F)ccc21.Cc1c(C2CS(=O)(=O)c3ccccc32)c2cc(F)ccc2n1CC(=O)O. The second-order valence-corrected chi connectivity index (χ2v) is 17.4. The molecule has 54 heavy (non-hydrogen) atoms. The van der Waals surface area contributed by atoms with E-state index in [2.05, 4.69) is 0 Å². The molecule has 280 valence electrons. The molecule has 8 rings (SSSR count). The molecule has 2 atom stereocenters. The van der Waals surface area contributed by atoms with Gasteiger partial charge in [-0.2, -0.15) is 0 Å². The highest BCUT2D eigenvalue weighted by Gasteiger charge is 2.39.